The average Bonchev–Trinajstić information content (AvgIpc) is 3.03. The Hall–Kier alpha value is -3.30. The zero-order valence-electron chi connectivity index (χ0n) is 12.8. The summed E-state index contributed by atoms with van der Waals surface area (Å²) < 4.78 is 10.3. The van der Waals surface area contributed by atoms with Crippen LogP contribution in [0.25, 0.3) is 11.0 Å². The van der Waals surface area contributed by atoms with Crippen LogP contribution >= 0.6 is 11.6 Å². The van der Waals surface area contributed by atoms with Crippen LogP contribution in [-0.2, 0) is 9.53 Å². The van der Waals surface area contributed by atoms with E-state index in [1.165, 1.54) is 6.07 Å². The van der Waals surface area contributed by atoms with E-state index in [-0.39, 0.29) is 5.76 Å². The third kappa shape index (κ3) is 3.97. The molecule has 0 aliphatic carbocycles. The number of halogens is 1. The van der Waals surface area contributed by atoms with Crippen molar-refractivity contribution < 1.29 is 18.7 Å². The highest BCUT2D eigenvalue weighted by atomic mass is 35.5. The summed E-state index contributed by atoms with van der Waals surface area (Å²) >= 11 is 5.88. The van der Waals surface area contributed by atoms with Gasteiger partial charge in [0.25, 0.3) is 5.91 Å². The second-order valence-electron chi connectivity index (χ2n) is 5.11. The molecule has 0 saturated carbocycles. The molecule has 0 spiro atoms. The number of hydrogen-bond acceptors (Lipinski definition) is 5. The Morgan fingerprint density at radius 1 is 1.16 bits per heavy atom. The fraction of sp³-hybridized carbons (Fsp3) is 0.0556. The van der Waals surface area contributed by atoms with Crippen LogP contribution in [0.5, 0.6) is 0 Å². The molecule has 7 heteroatoms. The van der Waals surface area contributed by atoms with E-state index in [2.05, 4.69) is 5.32 Å². The van der Waals surface area contributed by atoms with Gasteiger partial charge in [-0.05, 0) is 48.5 Å². The first-order valence-corrected chi connectivity index (χ1v) is 7.59. The lowest BCUT2D eigenvalue weighted by Crippen LogP contribution is -2.20. The van der Waals surface area contributed by atoms with Gasteiger partial charge < -0.3 is 14.5 Å². The number of nitrogens with one attached hydrogen (secondary N) is 1. The highest BCUT2D eigenvalue weighted by Gasteiger charge is 2.15. The van der Waals surface area contributed by atoms with Crippen LogP contribution in [0.15, 0.2) is 52.9 Å². The summed E-state index contributed by atoms with van der Waals surface area (Å²) in [5.74, 6) is -1.26. The number of carbonyl (C=O) groups is 2. The predicted molar refractivity (Wildman–Crippen MR) is 91.3 cm³/mol. The molecule has 3 rings (SSSR count). The van der Waals surface area contributed by atoms with E-state index < -0.39 is 18.5 Å². The highest BCUT2D eigenvalue weighted by Crippen LogP contribution is 2.23. The predicted octanol–water partition coefficient (Wildman–Crippen LogP) is 3.75. The molecule has 0 aliphatic rings. The number of furan rings is 1. The molecular weight excluding hydrogens is 344 g/mol. The van der Waals surface area contributed by atoms with E-state index >= 15 is 0 Å². The number of nitrogens with zero attached hydrogens (tertiary/aromatic N) is 1. The summed E-state index contributed by atoms with van der Waals surface area (Å²) in [7, 11) is 0. The van der Waals surface area contributed by atoms with E-state index in [0.29, 0.717) is 27.2 Å². The molecule has 1 aromatic heterocycles. The summed E-state index contributed by atoms with van der Waals surface area (Å²) in [6.45, 7) is -0.462. The number of amides is 1. The Morgan fingerprint density at radius 2 is 1.92 bits per heavy atom. The molecule has 124 valence electrons. The van der Waals surface area contributed by atoms with Crippen molar-refractivity contribution in [2.45, 2.75) is 0 Å². The number of esters is 1. The summed E-state index contributed by atoms with van der Waals surface area (Å²) in [6, 6.07) is 14.7. The van der Waals surface area contributed by atoms with Crippen LogP contribution in [0.1, 0.15) is 16.1 Å². The molecule has 2 aromatic carbocycles. The van der Waals surface area contributed by atoms with Gasteiger partial charge in [-0.1, -0.05) is 11.6 Å². The average molecular weight is 355 g/mol. The maximum atomic E-state index is 12.0. The molecule has 0 bridgehead atoms. The van der Waals surface area contributed by atoms with Gasteiger partial charge in [-0.25, -0.2) is 4.79 Å². The molecule has 1 N–H and O–H groups in total. The van der Waals surface area contributed by atoms with Gasteiger partial charge in [-0.3, -0.25) is 4.79 Å². The van der Waals surface area contributed by atoms with E-state index in [1.54, 1.807) is 42.5 Å². The van der Waals surface area contributed by atoms with Gasteiger partial charge in [0.05, 0.1) is 11.6 Å². The van der Waals surface area contributed by atoms with Crippen LogP contribution in [0.3, 0.4) is 0 Å². The molecule has 0 fully saturated rings. The lowest BCUT2D eigenvalue weighted by molar-refractivity contribution is -0.119. The minimum atomic E-state index is -0.748. The fourth-order valence-corrected chi connectivity index (χ4v) is 2.32. The number of hydrogen-bond donors (Lipinski definition) is 1. The van der Waals surface area contributed by atoms with Crippen molar-refractivity contribution in [1.29, 1.82) is 5.26 Å². The van der Waals surface area contributed by atoms with Crippen molar-refractivity contribution in [2.75, 3.05) is 11.9 Å². The first kappa shape index (κ1) is 16.6. The van der Waals surface area contributed by atoms with Crippen LogP contribution in [0, 0.1) is 11.3 Å². The fourth-order valence-electron chi connectivity index (χ4n) is 2.14. The molecule has 0 radical (unpaired) electrons. The molecular formula is C18H11ClN2O4. The smallest absolute Gasteiger partial charge is 0.374 e. The summed E-state index contributed by atoms with van der Waals surface area (Å²) in [6.07, 6.45) is 0. The number of carbonyl (C=O) groups excluding carboxylic acids is 2. The molecule has 6 nitrogen and oxygen atoms in total. The van der Waals surface area contributed by atoms with Crippen molar-refractivity contribution in [2.24, 2.45) is 0 Å². The number of fused-ring (bicyclic) bond motifs is 1. The number of ether oxygens (including phenoxy) is 1. The Bertz CT molecular complexity index is 986. The van der Waals surface area contributed by atoms with Gasteiger partial charge in [-0.15, -0.1) is 0 Å². The summed E-state index contributed by atoms with van der Waals surface area (Å²) in [5.41, 5.74) is 1.48. The van der Waals surface area contributed by atoms with Gasteiger partial charge in [0.1, 0.15) is 5.58 Å². The van der Waals surface area contributed by atoms with Crippen LogP contribution in [-0.4, -0.2) is 18.5 Å². The monoisotopic (exact) mass is 354 g/mol. The minimum absolute atomic E-state index is 0.0107. The lowest BCUT2D eigenvalue weighted by Gasteiger charge is -2.05. The normalized spacial score (nSPS) is 10.2. The Labute approximate surface area is 147 Å². The molecule has 3 aromatic rings. The van der Waals surface area contributed by atoms with E-state index in [1.807, 2.05) is 6.07 Å². The van der Waals surface area contributed by atoms with Crippen molar-refractivity contribution >= 4 is 40.1 Å². The van der Waals surface area contributed by atoms with Crippen LogP contribution in [0.2, 0.25) is 5.02 Å². The summed E-state index contributed by atoms with van der Waals surface area (Å²) in [5, 5.41) is 12.5. The standard InChI is InChI=1S/C18H11ClN2O4/c19-13-3-6-15-12(7-13)8-16(25-15)18(23)24-10-17(22)21-14-4-1-11(9-20)2-5-14/h1-8H,10H2,(H,21,22). The van der Waals surface area contributed by atoms with Crippen molar-refractivity contribution in [3.8, 4) is 6.07 Å². The second kappa shape index (κ2) is 7.07. The first-order valence-electron chi connectivity index (χ1n) is 7.21. The molecule has 25 heavy (non-hydrogen) atoms. The number of anilines is 1. The van der Waals surface area contributed by atoms with Gasteiger partial charge in [0.15, 0.2) is 6.61 Å². The molecule has 0 unspecified atom stereocenters. The molecule has 1 heterocycles. The highest BCUT2D eigenvalue weighted by molar-refractivity contribution is 6.31. The first-order chi connectivity index (χ1) is 12.0. The largest absolute Gasteiger partial charge is 0.450 e. The zero-order chi connectivity index (χ0) is 17.8. The molecule has 0 aliphatic heterocycles. The van der Waals surface area contributed by atoms with Gasteiger partial charge >= 0.3 is 5.97 Å². The number of benzene rings is 2. The zero-order valence-corrected chi connectivity index (χ0v) is 13.5. The number of nitriles is 1. The summed E-state index contributed by atoms with van der Waals surface area (Å²) in [4.78, 5) is 23.8. The van der Waals surface area contributed by atoms with E-state index in [9.17, 15) is 9.59 Å². The number of rotatable bonds is 4. The second-order valence-corrected chi connectivity index (χ2v) is 5.54. The molecule has 0 saturated heterocycles. The van der Waals surface area contributed by atoms with E-state index in [0.717, 1.165) is 0 Å². The Balaban J connectivity index is 1.58. The van der Waals surface area contributed by atoms with Crippen molar-refractivity contribution in [1.82, 2.24) is 0 Å². The van der Waals surface area contributed by atoms with Gasteiger partial charge in [0.2, 0.25) is 5.76 Å². The molecule has 1 amide bonds. The lowest BCUT2D eigenvalue weighted by atomic mass is 10.2. The maximum absolute atomic E-state index is 12.0. The third-order valence-electron chi connectivity index (χ3n) is 3.31. The Morgan fingerprint density at radius 3 is 2.64 bits per heavy atom. The van der Waals surface area contributed by atoms with Crippen molar-refractivity contribution in [3.05, 3.63) is 64.9 Å². The van der Waals surface area contributed by atoms with Crippen LogP contribution in [0.4, 0.5) is 5.69 Å². The van der Waals surface area contributed by atoms with Crippen LogP contribution < -0.4 is 5.32 Å². The SMILES string of the molecule is N#Cc1ccc(NC(=O)COC(=O)c2cc3cc(Cl)ccc3o2)cc1. The van der Waals surface area contributed by atoms with Gasteiger partial charge in [-0.2, -0.15) is 5.26 Å². The maximum Gasteiger partial charge on any atom is 0.374 e. The topological polar surface area (TPSA) is 92.3 Å². The minimum Gasteiger partial charge on any atom is -0.450 e. The quantitative estimate of drug-likeness (QED) is 0.720. The third-order valence-corrected chi connectivity index (χ3v) is 3.55. The molecule has 0 atom stereocenters. The Kier molecular flexibility index (Phi) is 4.68. The van der Waals surface area contributed by atoms with E-state index in [4.69, 9.17) is 26.0 Å². The van der Waals surface area contributed by atoms with Crippen molar-refractivity contribution in [3.63, 3.8) is 0 Å². The van der Waals surface area contributed by atoms with Gasteiger partial charge in [0, 0.05) is 16.1 Å².